The Morgan fingerprint density at radius 3 is 3.10 bits per heavy atom. The van der Waals surface area contributed by atoms with E-state index in [2.05, 4.69) is 0 Å². The fourth-order valence-corrected chi connectivity index (χ4v) is 0.939. The summed E-state index contributed by atoms with van der Waals surface area (Å²) in [4.78, 5) is 10.2. The van der Waals surface area contributed by atoms with E-state index in [1.165, 1.54) is 0 Å². The molecule has 1 rings (SSSR count). The minimum atomic E-state index is -1.50. The van der Waals surface area contributed by atoms with Crippen LogP contribution in [0.4, 0.5) is 4.39 Å². The third-order valence-corrected chi connectivity index (χ3v) is 1.54. The van der Waals surface area contributed by atoms with E-state index in [9.17, 15) is 9.18 Å². The molecule has 1 aliphatic heterocycles. The summed E-state index contributed by atoms with van der Waals surface area (Å²) in [5.74, 6) is -0.942. The lowest BCUT2D eigenvalue weighted by atomic mass is 10.0. The Labute approximate surface area is 59.2 Å². The molecule has 0 amide bonds. The van der Waals surface area contributed by atoms with Crippen LogP contribution < -0.4 is 0 Å². The zero-order valence-electron chi connectivity index (χ0n) is 6.29. The molecule has 0 saturated carbocycles. The number of ether oxygens (including phenoxy) is 1. The average Bonchev–Trinajstić information content (AvgIpc) is 2.30. The maximum absolute atomic E-state index is 12.1. The molecule has 0 aromatic heterocycles. The monoisotopic (exact) mass is 150 g/mol. The molecule has 0 radical (unpaired) electrons. The summed E-state index contributed by atoms with van der Waals surface area (Å²) in [7, 11) is 0. The first-order valence-electron chi connectivity index (χ1n) is 3.60. The molecule has 4 heteroatoms. The normalized spacial score (nSPS) is 41.4. The second-order valence-electron chi connectivity index (χ2n) is 2.17. The Morgan fingerprint density at radius 2 is 2.70 bits per heavy atom. The summed E-state index contributed by atoms with van der Waals surface area (Å²) < 4.78 is 23.9. The van der Waals surface area contributed by atoms with Crippen LogP contribution in [0.1, 0.15) is 7.79 Å². The smallest absolute Gasteiger partial charge is 0.307 e. The lowest BCUT2D eigenvalue weighted by Gasteiger charge is -2.09. The van der Waals surface area contributed by atoms with Gasteiger partial charge in [-0.1, -0.05) is 0 Å². The number of hydrogen-bond donors (Lipinski definition) is 1. The highest BCUT2D eigenvalue weighted by atomic mass is 19.1. The summed E-state index contributed by atoms with van der Waals surface area (Å²) in [5.41, 5.74) is 0. The molecule has 0 aromatic carbocycles. The van der Waals surface area contributed by atoms with Gasteiger partial charge in [-0.25, -0.2) is 0 Å². The first kappa shape index (κ1) is 6.24. The topological polar surface area (TPSA) is 46.5 Å². The molecular formula is C6H9FO3. The number of aliphatic hydroxyl groups excluding tert-OH is 1. The number of aliphatic hydroxyl groups is 1. The van der Waals surface area contributed by atoms with Crippen LogP contribution in [0, 0.1) is 5.92 Å². The Morgan fingerprint density at radius 1 is 2.00 bits per heavy atom. The molecule has 1 saturated heterocycles. The highest BCUT2D eigenvalue weighted by molar-refractivity contribution is 5.72. The van der Waals surface area contributed by atoms with Crippen molar-refractivity contribution in [1.29, 1.82) is 0 Å². The quantitative estimate of drug-likeness (QED) is 0.558. The van der Waals surface area contributed by atoms with Gasteiger partial charge < -0.3 is 9.84 Å². The molecule has 0 bridgehead atoms. The summed E-state index contributed by atoms with van der Waals surface area (Å²) in [6.07, 6.45) is -0.782. The molecule has 0 aromatic rings. The molecule has 10 heavy (non-hydrogen) atoms. The van der Waals surface area contributed by atoms with Crippen LogP contribution in [0.2, 0.25) is 0 Å². The van der Waals surface area contributed by atoms with Crippen molar-refractivity contribution >= 4 is 6.04 Å². The van der Waals surface area contributed by atoms with Gasteiger partial charge in [-0.05, 0) is 6.42 Å². The second kappa shape index (κ2) is 3.07. The Kier molecular flexibility index (Phi) is 1.92. The molecule has 1 aliphatic rings. The third kappa shape index (κ3) is 1.33. The summed E-state index contributed by atoms with van der Waals surface area (Å²) in [5, 5.41) is 8.58. The second-order valence-corrected chi connectivity index (χ2v) is 2.17. The van der Waals surface area contributed by atoms with Crippen molar-refractivity contribution in [1.82, 2.24) is 0 Å². The van der Waals surface area contributed by atoms with Crippen molar-refractivity contribution in [2.45, 2.75) is 12.5 Å². The van der Waals surface area contributed by atoms with Crippen molar-refractivity contribution in [3.63, 3.8) is 0 Å². The van der Waals surface area contributed by atoms with Crippen LogP contribution in [0.5, 0.6) is 0 Å². The van der Waals surface area contributed by atoms with Gasteiger partial charge in [0, 0.05) is 6.58 Å². The molecule has 58 valence electrons. The summed E-state index contributed by atoms with van der Waals surface area (Å²) in [6, 6.07) is -1.50. The van der Waals surface area contributed by atoms with Crippen molar-refractivity contribution in [3.05, 3.63) is 0 Å². The predicted octanol–water partition coefficient (Wildman–Crippen LogP) is -0.120. The lowest BCUT2D eigenvalue weighted by molar-refractivity contribution is -0.136. The number of hydrogen-bond acceptors (Lipinski definition) is 3. The van der Waals surface area contributed by atoms with Crippen LogP contribution in [-0.2, 0) is 9.53 Å². The molecule has 1 heterocycles. The molecule has 0 spiro atoms. The van der Waals surface area contributed by atoms with Gasteiger partial charge in [0.2, 0.25) is 0 Å². The fraction of sp³-hybridized carbons (Fsp3) is 0.833. The molecule has 0 aliphatic carbocycles. The summed E-state index contributed by atoms with van der Waals surface area (Å²) >= 11 is 0. The Balaban J connectivity index is 2.57. The van der Waals surface area contributed by atoms with Crippen LogP contribution in [0.25, 0.3) is 0 Å². The van der Waals surface area contributed by atoms with E-state index in [1.54, 1.807) is 0 Å². The molecule has 2 unspecified atom stereocenters. The zero-order chi connectivity index (χ0) is 8.43. The van der Waals surface area contributed by atoms with E-state index in [0.29, 0.717) is 0 Å². The third-order valence-electron chi connectivity index (χ3n) is 1.54. The van der Waals surface area contributed by atoms with Gasteiger partial charge in [0.15, 0.2) is 0 Å². The molecule has 1 fully saturated rings. The highest BCUT2D eigenvalue weighted by Crippen LogP contribution is 2.21. The van der Waals surface area contributed by atoms with Gasteiger partial charge in [0.25, 0.3) is 0 Å². The first-order chi connectivity index (χ1) is 5.15. The Hall–Kier alpha value is -0.480. The van der Waals surface area contributed by atoms with Gasteiger partial charge in [0.05, 0.1) is 20.0 Å². The van der Waals surface area contributed by atoms with E-state index < -0.39 is 31.2 Å². The van der Waals surface area contributed by atoms with Gasteiger partial charge in [-0.15, -0.1) is 0 Å². The van der Waals surface area contributed by atoms with Crippen molar-refractivity contribution in [2.75, 3.05) is 13.2 Å². The lowest BCUT2D eigenvalue weighted by Crippen LogP contribution is -2.24. The Bertz CT molecular complexity index is 164. The largest absolute Gasteiger partial charge is 0.394 e. The van der Waals surface area contributed by atoms with Crippen molar-refractivity contribution in [3.8, 4) is 0 Å². The van der Waals surface area contributed by atoms with Crippen LogP contribution in [0.3, 0.4) is 0 Å². The fourth-order valence-electron chi connectivity index (χ4n) is 0.939. The van der Waals surface area contributed by atoms with Crippen LogP contribution >= 0.6 is 0 Å². The van der Waals surface area contributed by atoms with Gasteiger partial charge in [-0.3, -0.25) is 4.79 Å². The summed E-state index contributed by atoms with van der Waals surface area (Å²) in [6.45, 7) is -1.28. The maximum atomic E-state index is 12.1. The molecule has 3 atom stereocenters. The molecule has 1 N–H and O–H groups in total. The molecule has 3 nitrogen and oxygen atoms in total. The van der Waals surface area contributed by atoms with Crippen molar-refractivity contribution in [2.24, 2.45) is 5.92 Å². The number of rotatable bonds is 2. The maximum Gasteiger partial charge on any atom is 0.307 e. The number of carbonyl (C=O) groups excluding carboxylic acids is 1. The van der Waals surface area contributed by atoms with E-state index in [4.69, 9.17) is 11.2 Å². The minimum absolute atomic E-state index is 0.0422. The SMILES string of the molecule is [3H]C1CC(C(=O)F)[C@@H](CO)O1. The number of carbonyl (C=O) groups is 1. The van der Waals surface area contributed by atoms with E-state index >= 15 is 0 Å². The number of halogens is 1. The minimum Gasteiger partial charge on any atom is -0.394 e. The average molecular weight is 150 g/mol. The highest BCUT2D eigenvalue weighted by Gasteiger charge is 2.33. The standard InChI is InChI=1S/C6H9FO3/c7-6(9)4-1-2-10-5(4)3-8/h4-5,8H,1-3H2/t4?,5-/m1/s1/i2T/t2?,4?,5-. The van der Waals surface area contributed by atoms with Crippen LogP contribution in [-0.4, -0.2) is 30.4 Å². The van der Waals surface area contributed by atoms with Gasteiger partial charge >= 0.3 is 6.04 Å². The molecular weight excluding hydrogens is 139 g/mol. The van der Waals surface area contributed by atoms with E-state index in [1.807, 2.05) is 0 Å². The van der Waals surface area contributed by atoms with Crippen molar-refractivity contribution < 1.29 is 20.4 Å². The zero-order valence-corrected chi connectivity index (χ0v) is 5.29. The van der Waals surface area contributed by atoms with Gasteiger partial charge in [-0.2, -0.15) is 4.39 Å². The first-order valence-corrected chi connectivity index (χ1v) is 3.03. The van der Waals surface area contributed by atoms with Crippen LogP contribution in [0.15, 0.2) is 0 Å². The van der Waals surface area contributed by atoms with Gasteiger partial charge in [0.1, 0.15) is 0 Å². The predicted molar refractivity (Wildman–Crippen MR) is 31.0 cm³/mol. The van der Waals surface area contributed by atoms with E-state index in [-0.39, 0.29) is 6.42 Å². The van der Waals surface area contributed by atoms with E-state index in [0.717, 1.165) is 0 Å².